The third-order valence-corrected chi connectivity index (χ3v) is 4.33. The van der Waals surface area contributed by atoms with Crippen LogP contribution in [-0.2, 0) is 0 Å². The number of nitrogens with one attached hydrogen (secondary N) is 2. The molecular formula is C15H12IN3O2. The van der Waals surface area contributed by atoms with E-state index >= 15 is 0 Å². The summed E-state index contributed by atoms with van der Waals surface area (Å²) in [5, 5.41) is 0. The molecule has 0 spiro atoms. The van der Waals surface area contributed by atoms with Crippen LogP contribution in [0.2, 0.25) is 0 Å². The van der Waals surface area contributed by atoms with Gasteiger partial charge >= 0.3 is 11.1 Å². The quantitative estimate of drug-likeness (QED) is 0.459. The van der Waals surface area contributed by atoms with Crippen molar-refractivity contribution in [2.45, 2.75) is 6.04 Å². The van der Waals surface area contributed by atoms with Gasteiger partial charge in [-0.2, -0.15) is 0 Å². The van der Waals surface area contributed by atoms with Crippen LogP contribution in [0.3, 0.4) is 0 Å². The van der Waals surface area contributed by atoms with Crippen LogP contribution in [0.25, 0.3) is 11.0 Å². The van der Waals surface area contributed by atoms with E-state index in [0.29, 0.717) is 11.0 Å². The van der Waals surface area contributed by atoms with E-state index in [1.165, 1.54) is 0 Å². The molecule has 0 saturated carbocycles. The average molecular weight is 393 g/mol. The Morgan fingerprint density at radius 1 is 0.952 bits per heavy atom. The van der Waals surface area contributed by atoms with E-state index in [-0.39, 0.29) is 6.04 Å². The zero-order valence-corrected chi connectivity index (χ0v) is 13.0. The number of H-pyrrole nitrogens is 2. The second-order valence-corrected chi connectivity index (χ2v) is 5.87. The number of aromatic nitrogens is 2. The van der Waals surface area contributed by atoms with Crippen LogP contribution in [0.4, 0.5) is 0 Å². The highest BCUT2D eigenvalue weighted by molar-refractivity contribution is 14.1. The van der Waals surface area contributed by atoms with E-state index < -0.39 is 11.1 Å². The van der Waals surface area contributed by atoms with Crippen molar-refractivity contribution >= 4 is 33.6 Å². The monoisotopic (exact) mass is 393 g/mol. The van der Waals surface area contributed by atoms with E-state index in [1.54, 1.807) is 12.1 Å². The summed E-state index contributed by atoms with van der Waals surface area (Å²) >= 11 is 2.24. The Kier molecular flexibility index (Phi) is 3.64. The maximum atomic E-state index is 11.4. The maximum absolute atomic E-state index is 11.4. The Morgan fingerprint density at radius 2 is 1.62 bits per heavy atom. The van der Waals surface area contributed by atoms with Crippen molar-refractivity contribution in [1.82, 2.24) is 9.97 Å². The van der Waals surface area contributed by atoms with Gasteiger partial charge in [-0.3, -0.25) is 9.59 Å². The van der Waals surface area contributed by atoms with Gasteiger partial charge in [0.05, 0.1) is 17.1 Å². The van der Waals surface area contributed by atoms with Gasteiger partial charge in [0.2, 0.25) is 0 Å². The lowest BCUT2D eigenvalue weighted by atomic mass is 9.99. The lowest BCUT2D eigenvalue weighted by Gasteiger charge is -2.14. The van der Waals surface area contributed by atoms with E-state index in [4.69, 9.17) is 5.73 Å². The first-order valence-corrected chi connectivity index (χ1v) is 7.40. The molecule has 4 N–H and O–H groups in total. The van der Waals surface area contributed by atoms with E-state index in [2.05, 4.69) is 32.6 Å². The van der Waals surface area contributed by atoms with Gasteiger partial charge in [0.25, 0.3) is 0 Å². The Morgan fingerprint density at radius 3 is 2.33 bits per heavy atom. The van der Waals surface area contributed by atoms with Crippen molar-refractivity contribution in [2.75, 3.05) is 0 Å². The molecule has 0 saturated heterocycles. The Labute approximate surface area is 133 Å². The van der Waals surface area contributed by atoms with Gasteiger partial charge in [-0.05, 0) is 51.9 Å². The summed E-state index contributed by atoms with van der Waals surface area (Å²) in [6.45, 7) is 0. The summed E-state index contributed by atoms with van der Waals surface area (Å²) in [6, 6.07) is 13.0. The fourth-order valence-corrected chi connectivity index (χ4v) is 2.96. The topological polar surface area (TPSA) is 91.7 Å². The number of hydrogen-bond donors (Lipinski definition) is 3. The van der Waals surface area contributed by atoms with Crippen LogP contribution in [0.15, 0.2) is 52.1 Å². The van der Waals surface area contributed by atoms with Crippen molar-refractivity contribution in [3.05, 3.63) is 77.9 Å². The highest BCUT2D eigenvalue weighted by Crippen LogP contribution is 2.25. The van der Waals surface area contributed by atoms with Crippen LogP contribution >= 0.6 is 22.6 Å². The molecule has 2 aromatic carbocycles. The molecule has 0 aliphatic heterocycles. The molecule has 0 radical (unpaired) electrons. The number of nitrogens with two attached hydrogens (primary N) is 1. The molecule has 3 aromatic rings. The van der Waals surface area contributed by atoms with Crippen molar-refractivity contribution in [3.8, 4) is 0 Å². The summed E-state index contributed by atoms with van der Waals surface area (Å²) in [5.74, 6) is 0. The summed E-state index contributed by atoms with van der Waals surface area (Å²) in [4.78, 5) is 27.8. The fraction of sp³-hybridized carbons (Fsp3) is 0.0667. The molecule has 0 aliphatic rings. The molecule has 5 nitrogen and oxygen atoms in total. The van der Waals surface area contributed by atoms with Crippen molar-refractivity contribution in [3.63, 3.8) is 0 Å². The molecule has 6 heteroatoms. The third kappa shape index (κ3) is 2.64. The first-order chi connectivity index (χ1) is 10.1. The molecule has 0 aliphatic carbocycles. The van der Waals surface area contributed by atoms with Gasteiger partial charge in [-0.25, -0.2) is 0 Å². The molecule has 106 valence electrons. The maximum Gasteiger partial charge on any atom is 0.314 e. The first kappa shape index (κ1) is 14.0. The van der Waals surface area contributed by atoms with Gasteiger partial charge in [-0.1, -0.05) is 24.3 Å². The summed E-state index contributed by atoms with van der Waals surface area (Å²) in [7, 11) is 0. The Balaban J connectivity index is 2.13. The van der Waals surface area contributed by atoms with E-state index in [1.807, 2.05) is 30.3 Å². The van der Waals surface area contributed by atoms with Crippen LogP contribution < -0.4 is 16.9 Å². The number of hydrogen-bond acceptors (Lipinski definition) is 3. The highest BCUT2D eigenvalue weighted by Gasteiger charge is 2.12. The van der Waals surface area contributed by atoms with Gasteiger partial charge in [0.15, 0.2) is 0 Å². The molecule has 0 amide bonds. The number of fused-ring (bicyclic) bond motifs is 1. The fourth-order valence-electron chi connectivity index (χ4n) is 2.23. The van der Waals surface area contributed by atoms with Crippen molar-refractivity contribution in [1.29, 1.82) is 0 Å². The average Bonchev–Trinajstić information content (AvgIpc) is 2.48. The number of aromatic amines is 2. The van der Waals surface area contributed by atoms with Crippen molar-refractivity contribution < 1.29 is 0 Å². The van der Waals surface area contributed by atoms with E-state index in [9.17, 15) is 9.59 Å². The van der Waals surface area contributed by atoms with Gasteiger partial charge < -0.3 is 15.7 Å². The summed E-state index contributed by atoms with van der Waals surface area (Å²) in [6.07, 6.45) is 0. The molecule has 1 aromatic heterocycles. The minimum absolute atomic E-state index is 0.294. The number of halogens is 1. The van der Waals surface area contributed by atoms with Crippen LogP contribution in [0.5, 0.6) is 0 Å². The third-order valence-electron chi connectivity index (χ3n) is 3.35. The molecule has 1 atom stereocenters. The molecule has 3 rings (SSSR count). The predicted molar refractivity (Wildman–Crippen MR) is 90.4 cm³/mol. The SMILES string of the molecule is NC(c1ccc2[nH]c(=O)c(=O)[nH]c2c1)c1ccccc1I. The zero-order chi connectivity index (χ0) is 15.0. The molecule has 0 bridgehead atoms. The molecule has 0 fully saturated rings. The van der Waals surface area contributed by atoms with E-state index in [0.717, 1.165) is 14.7 Å². The van der Waals surface area contributed by atoms with Gasteiger partial charge in [0.1, 0.15) is 0 Å². The second kappa shape index (κ2) is 5.45. The van der Waals surface area contributed by atoms with Gasteiger partial charge in [0, 0.05) is 3.57 Å². The largest absolute Gasteiger partial charge is 0.320 e. The highest BCUT2D eigenvalue weighted by atomic mass is 127. The Hall–Kier alpha value is -1.93. The van der Waals surface area contributed by atoms with Crippen LogP contribution in [0, 0.1) is 3.57 Å². The molecule has 21 heavy (non-hydrogen) atoms. The number of rotatable bonds is 2. The van der Waals surface area contributed by atoms with Gasteiger partial charge in [-0.15, -0.1) is 0 Å². The standard InChI is InChI=1S/C15H12IN3O2/c16-10-4-2-1-3-9(10)13(17)8-5-6-11-12(7-8)19-15(21)14(20)18-11/h1-7,13H,17H2,(H,18,20)(H,19,21). The first-order valence-electron chi connectivity index (χ1n) is 6.32. The second-order valence-electron chi connectivity index (χ2n) is 4.71. The van der Waals surface area contributed by atoms with Crippen LogP contribution in [0.1, 0.15) is 17.2 Å². The molecular weight excluding hydrogens is 381 g/mol. The summed E-state index contributed by atoms with van der Waals surface area (Å²) < 4.78 is 1.08. The minimum Gasteiger partial charge on any atom is -0.320 e. The molecule has 1 unspecified atom stereocenters. The zero-order valence-electron chi connectivity index (χ0n) is 10.9. The molecule has 1 heterocycles. The predicted octanol–water partition coefficient (Wildman–Crippen LogP) is 1.87. The van der Waals surface area contributed by atoms with Crippen LogP contribution in [-0.4, -0.2) is 9.97 Å². The lowest BCUT2D eigenvalue weighted by molar-refractivity contribution is 0.866. The lowest BCUT2D eigenvalue weighted by Crippen LogP contribution is -2.29. The summed E-state index contributed by atoms with van der Waals surface area (Å²) in [5.41, 5.74) is 8.02. The number of benzene rings is 2. The Bertz CT molecular complexity index is 930. The normalized spacial score (nSPS) is 12.5. The smallest absolute Gasteiger partial charge is 0.314 e. The van der Waals surface area contributed by atoms with Crippen molar-refractivity contribution in [2.24, 2.45) is 5.73 Å². The minimum atomic E-state index is -0.664.